The summed E-state index contributed by atoms with van der Waals surface area (Å²) < 4.78 is 23.2. The average Bonchev–Trinajstić information content (AvgIpc) is 3.37. The lowest BCUT2D eigenvalue weighted by atomic mass is 10.1. The molecule has 0 bridgehead atoms. The molecule has 7 heteroatoms. The number of rotatable bonds is 4. The molecule has 2 aromatic carbocycles. The van der Waals surface area contributed by atoms with E-state index in [1.165, 1.54) is 0 Å². The topological polar surface area (TPSA) is 74.4 Å². The number of para-hydroxylation sites is 1. The standard InChI is InChI=1S/C19H11BrN2O4/c20-17-8-7-16(25-17)19-22-21-18(26-19)10-23-11-5-6-15-13(9-11)12-3-1-2-4-14(12)24-15/h1-9H,10H2. The molecule has 3 aromatic heterocycles. The second-order valence-corrected chi connectivity index (χ2v) is 6.43. The summed E-state index contributed by atoms with van der Waals surface area (Å²) in [4.78, 5) is 0. The predicted octanol–water partition coefficient (Wildman–Crippen LogP) is 5.57. The molecule has 0 aliphatic rings. The molecule has 0 saturated carbocycles. The summed E-state index contributed by atoms with van der Waals surface area (Å²) in [5.74, 6) is 1.88. The van der Waals surface area contributed by atoms with E-state index < -0.39 is 0 Å². The summed E-state index contributed by atoms with van der Waals surface area (Å²) in [7, 11) is 0. The Morgan fingerprint density at radius 1 is 0.846 bits per heavy atom. The van der Waals surface area contributed by atoms with Crippen molar-refractivity contribution in [1.29, 1.82) is 0 Å². The minimum Gasteiger partial charge on any atom is -0.484 e. The molecule has 0 fully saturated rings. The first kappa shape index (κ1) is 15.2. The molecule has 26 heavy (non-hydrogen) atoms. The quantitative estimate of drug-likeness (QED) is 0.385. The van der Waals surface area contributed by atoms with Crippen LogP contribution in [0.25, 0.3) is 33.6 Å². The summed E-state index contributed by atoms with van der Waals surface area (Å²) in [6.45, 7) is 0.163. The van der Waals surface area contributed by atoms with Crippen LogP contribution in [0, 0.1) is 0 Å². The highest BCUT2D eigenvalue weighted by Crippen LogP contribution is 2.31. The fourth-order valence-electron chi connectivity index (χ4n) is 2.78. The number of furan rings is 2. The van der Waals surface area contributed by atoms with Gasteiger partial charge in [-0.25, -0.2) is 0 Å². The third-order valence-corrected chi connectivity index (χ3v) is 4.39. The van der Waals surface area contributed by atoms with Gasteiger partial charge in [-0.05, 0) is 52.3 Å². The van der Waals surface area contributed by atoms with Gasteiger partial charge in [0, 0.05) is 10.8 Å². The Hall–Kier alpha value is -3.06. The van der Waals surface area contributed by atoms with Crippen molar-refractivity contribution in [3.63, 3.8) is 0 Å². The fourth-order valence-corrected chi connectivity index (χ4v) is 3.09. The number of aromatic nitrogens is 2. The highest BCUT2D eigenvalue weighted by molar-refractivity contribution is 9.10. The zero-order valence-corrected chi connectivity index (χ0v) is 14.9. The number of halogens is 1. The second kappa shape index (κ2) is 6.03. The van der Waals surface area contributed by atoms with E-state index >= 15 is 0 Å². The van der Waals surface area contributed by atoms with Crippen molar-refractivity contribution in [3.8, 4) is 17.4 Å². The summed E-state index contributed by atoms with van der Waals surface area (Å²) >= 11 is 3.24. The molecule has 0 saturated heterocycles. The monoisotopic (exact) mass is 410 g/mol. The van der Waals surface area contributed by atoms with Crippen molar-refractivity contribution in [2.45, 2.75) is 6.61 Å². The van der Waals surface area contributed by atoms with E-state index in [-0.39, 0.29) is 6.61 Å². The fraction of sp³-hybridized carbons (Fsp3) is 0.0526. The third-order valence-electron chi connectivity index (χ3n) is 3.96. The molecule has 0 spiro atoms. The minimum atomic E-state index is 0.163. The molecule has 0 aliphatic carbocycles. The first-order valence-corrected chi connectivity index (χ1v) is 8.68. The molecule has 5 aromatic rings. The lowest BCUT2D eigenvalue weighted by Crippen LogP contribution is -1.95. The second-order valence-electron chi connectivity index (χ2n) is 5.65. The molecule has 0 amide bonds. The first-order valence-electron chi connectivity index (χ1n) is 7.88. The number of ether oxygens (including phenoxy) is 1. The number of hydrogen-bond acceptors (Lipinski definition) is 6. The van der Waals surface area contributed by atoms with Crippen molar-refractivity contribution in [3.05, 3.63) is 65.2 Å². The van der Waals surface area contributed by atoms with Gasteiger partial charge in [-0.2, -0.15) is 0 Å². The molecule has 0 radical (unpaired) electrons. The molecule has 6 nitrogen and oxygen atoms in total. The Morgan fingerprint density at radius 3 is 2.62 bits per heavy atom. The van der Waals surface area contributed by atoms with E-state index in [0.29, 0.717) is 28.0 Å². The van der Waals surface area contributed by atoms with E-state index in [1.807, 2.05) is 42.5 Å². The van der Waals surface area contributed by atoms with Crippen molar-refractivity contribution < 1.29 is 18.0 Å². The van der Waals surface area contributed by atoms with Crippen LogP contribution in [0.1, 0.15) is 5.89 Å². The number of benzene rings is 2. The van der Waals surface area contributed by atoms with E-state index in [9.17, 15) is 0 Å². The normalized spacial score (nSPS) is 11.4. The van der Waals surface area contributed by atoms with Gasteiger partial charge in [0.1, 0.15) is 16.9 Å². The van der Waals surface area contributed by atoms with Gasteiger partial charge in [0.05, 0.1) is 0 Å². The molecule has 5 rings (SSSR count). The van der Waals surface area contributed by atoms with Crippen LogP contribution in [0.15, 0.2) is 72.5 Å². The Bertz CT molecular complexity index is 1220. The minimum absolute atomic E-state index is 0.163. The van der Waals surface area contributed by atoms with Gasteiger partial charge >= 0.3 is 0 Å². The van der Waals surface area contributed by atoms with Gasteiger partial charge < -0.3 is 18.0 Å². The molecule has 0 atom stereocenters. The largest absolute Gasteiger partial charge is 0.484 e. The molecular formula is C19H11BrN2O4. The SMILES string of the molecule is Brc1ccc(-c2nnc(COc3ccc4oc5ccccc5c4c3)o2)o1. The van der Waals surface area contributed by atoms with Crippen molar-refractivity contribution in [2.75, 3.05) is 0 Å². The lowest BCUT2D eigenvalue weighted by molar-refractivity contribution is 0.264. The van der Waals surface area contributed by atoms with Crippen LogP contribution in [0.4, 0.5) is 0 Å². The highest BCUT2D eigenvalue weighted by Gasteiger charge is 2.13. The van der Waals surface area contributed by atoms with Gasteiger partial charge in [0.15, 0.2) is 17.0 Å². The molecule has 128 valence electrons. The van der Waals surface area contributed by atoms with E-state index in [1.54, 1.807) is 12.1 Å². The number of fused-ring (bicyclic) bond motifs is 3. The van der Waals surface area contributed by atoms with Gasteiger partial charge in [-0.3, -0.25) is 0 Å². The summed E-state index contributed by atoms with van der Waals surface area (Å²) in [6.07, 6.45) is 0. The van der Waals surface area contributed by atoms with E-state index in [0.717, 1.165) is 21.9 Å². The van der Waals surface area contributed by atoms with Crippen LogP contribution >= 0.6 is 15.9 Å². The zero-order chi connectivity index (χ0) is 17.5. The van der Waals surface area contributed by atoms with Crippen LogP contribution in [0.3, 0.4) is 0 Å². The average molecular weight is 411 g/mol. The van der Waals surface area contributed by atoms with Gasteiger partial charge in [-0.1, -0.05) is 18.2 Å². The molecule has 0 N–H and O–H groups in total. The summed E-state index contributed by atoms with van der Waals surface area (Å²) in [5, 5.41) is 10.0. The molecule has 3 heterocycles. The smallest absolute Gasteiger partial charge is 0.283 e. The summed E-state index contributed by atoms with van der Waals surface area (Å²) in [5.41, 5.74) is 1.67. The maximum atomic E-state index is 5.81. The Morgan fingerprint density at radius 2 is 1.73 bits per heavy atom. The molecule has 0 unspecified atom stereocenters. The first-order chi connectivity index (χ1) is 12.8. The Labute approximate surface area is 155 Å². The maximum absolute atomic E-state index is 5.81. The van der Waals surface area contributed by atoms with Gasteiger partial charge in [-0.15, -0.1) is 10.2 Å². The van der Waals surface area contributed by atoms with Crippen LogP contribution in [0.2, 0.25) is 0 Å². The third kappa shape index (κ3) is 2.66. The van der Waals surface area contributed by atoms with Gasteiger partial charge in [0.25, 0.3) is 11.8 Å². The highest BCUT2D eigenvalue weighted by atomic mass is 79.9. The van der Waals surface area contributed by atoms with Crippen LogP contribution in [-0.2, 0) is 6.61 Å². The van der Waals surface area contributed by atoms with Gasteiger partial charge in [0.2, 0.25) is 0 Å². The Kier molecular flexibility index (Phi) is 3.53. The summed E-state index contributed by atoms with van der Waals surface area (Å²) in [6, 6.07) is 17.1. The van der Waals surface area contributed by atoms with Crippen molar-refractivity contribution in [1.82, 2.24) is 10.2 Å². The molecular weight excluding hydrogens is 400 g/mol. The van der Waals surface area contributed by atoms with Crippen molar-refractivity contribution >= 4 is 37.9 Å². The van der Waals surface area contributed by atoms with Crippen LogP contribution < -0.4 is 4.74 Å². The zero-order valence-electron chi connectivity index (χ0n) is 13.3. The predicted molar refractivity (Wildman–Crippen MR) is 97.8 cm³/mol. The van der Waals surface area contributed by atoms with Crippen LogP contribution in [-0.4, -0.2) is 10.2 Å². The van der Waals surface area contributed by atoms with Crippen molar-refractivity contribution in [2.24, 2.45) is 0 Å². The number of nitrogens with zero attached hydrogens (tertiary/aromatic N) is 2. The number of hydrogen-bond donors (Lipinski definition) is 0. The molecule has 0 aliphatic heterocycles. The lowest BCUT2D eigenvalue weighted by Gasteiger charge is -2.02. The maximum Gasteiger partial charge on any atom is 0.283 e. The van der Waals surface area contributed by atoms with E-state index in [2.05, 4.69) is 26.1 Å². The Balaban J connectivity index is 1.38. The van der Waals surface area contributed by atoms with Crippen LogP contribution in [0.5, 0.6) is 5.75 Å². The van der Waals surface area contributed by atoms with E-state index in [4.69, 9.17) is 18.0 Å².